The molecule has 5 heteroatoms. The van der Waals surface area contributed by atoms with Crippen molar-refractivity contribution in [1.82, 2.24) is 4.98 Å². The van der Waals surface area contributed by atoms with Gasteiger partial charge >= 0.3 is 0 Å². The Bertz CT molecular complexity index is 917. The molecule has 1 unspecified atom stereocenters. The summed E-state index contributed by atoms with van der Waals surface area (Å²) in [6.45, 7) is 8.10. The van der Waals surface area contributed by atoms with Gasteiger partial charge in [-0.15, -0.1) is 0 Å². The van der Waals surface area contributed by atoms with Crippen LogP contribution in [0.15, 0.2) is 42.5 Å². The number of carbonyl (C=O) groups excluding carboxylic acids is 1. The molecule has 1 amide bonds. The maximum Gasteiger partial charge on any atom is 0.266 e. The minimum absolute atomic E-state index is 0.196. The van der Waals surface area contributed by atoms with Crippen LogP contribution in [-0.2, 0) is 11.2 Å². The van der Waals surface area contributed by atoms with Crippen molar-refractivity contribution >= 4 is 32.6 Å². The van der Waals surface area contributed by atoms with Gasteiger partial charge in [-0.1, -0.05) is 56.4 Å². The Labute approximate surface area is 158 Å². The molecule has 0 aliphatic heterocycles. The SMILES string of the molecule is CCc1ccc2nc(NC(=O)C(C)Oc3ccccc3C(C)C)sc2c1. The summed E-state index contributed by atoms with van der Waals surface area (Å²) >= 11 is 1.49. The lowest BCUT2D eigenvalue weighted by molar-refractivity contribution is -0.122. The van der Waals surface area contributed by atoms with E-state index in [4.69, 9.17) is 4.74 Å². The molecule has 2 aromatic carbocycles. The van der Waals surface area contributed by atoms with Gasteiger partial charge in [-0.05, 0) is 48.6 Å². The van der Waals surface area contributed by atoms with Gasteiger partial charge < -0.3 is 4.74 Å². The number of fused-ring (bicyclic) bond motifs is 1. The van der Waals surface area contributed by atoms with Gasteiger partial charge in [-0.3, -0.25) is 10.1 Å². The number of rotatable bonds is 6. The first-order valence-corrected chi connectivity index (χ1v) is 9.75. The molecule has 0 saturated heterocycles. The Morgan fingerprint density at radius 1 is 1.19 bits per heavy atom. The molecule has 0 radical (unpaired) electrons. The second-order valence-electron chi connectivity index (χ2n) is 6.62. The second kappa shape index (κ2) is 7.87. The third-order valence-electron chi connectivity index (χ3n) is 4.31. The molecule has 1 atom stereocenters. The minimum Gasteiger partial charge on any atom is -0.481 e. The van der Waals surface area contributed by atoms with Crippen molar-refractivity contribution < 1.29 is 9.53 Å². The van der Waals surface area contributed by atoms with E-state index < -0.39 is 6.10 Å². The van der Waals surface area contributed by atoms with Crippen molar-refractivity contribution in [3.05, 3.63) is 53.6 Å². The zero-order valence-corrected chi connectivity index (χ0v) is 16.4. The second-order valence-corrected chi connectivity index (χ2v) is 7.65. The van der Waals surface area contributed by atoms with Crippen LogP contribution in [0.1, 0.15) is 44.7 Å². The van der Waals surface area contributed by atoms with Crippen LogP contribution in [0.4, 0.5) is 5.13 Å². The van der Waals surface area contributed by atoms with Gasteiger partial charge in [0.2, 0.25) is 0 Å². The summed E-state index contributed by atoms with van der Waals surface area (Å²) in [6.07, 6.45) is 0.378. The lowest BCUT2D eigenvalue weighted by Crippen LogP contribution is -2.30. The maximum absolute atomic E-state index is 12.5. The first-order chi connectivity index (χ1) is 12.5. The summed E-state index contributed by atoms with van der Waals surface area (Å²) in [5.41, 5.74) is 3.27. The van der Waals surface area contributed by atoms with Crippen LogP contribution in [0.25, 0.3) is 10.2 Å². The van der Waals surface area contributed by atoms with Gasteiger partial charge in [0.25, 0.3) is 5.91 Å². The summed E-state index contributed by atoms with van der Waals surface area (Å²) < 4.78 is 7.00. The monoisotopic (exact) mass is 368 g/mol. The van der Waals surface area contributed by atoms with Crippen molar-refractivity contribution in [2.75, 3.05) is 5.32 Å². The molecule has 1 heterocycles. The number of para-hydroxylation sites is 1. The summed E-state index contributed by atoms with van der Waals surface area (Å²) in [7, 11) is 0. The van der Waals surface area contributed by atoms with E-state index in [0.717, 1.165) is 28.0 Å². The highest BCUT2D eigenvalue weighted by atomic mass is 32.1. The zero-order chi connectivity index (χ0) is 18.7. The molecule has 1 N–H and O–H groups in total. The number of hydrogen-bond acceptors (Lipinski definition) is 4. The number of nitrogens with one attached hydrogen (secondary N) is 1. The van der Waals surface area contributed by atoms with E-state index in [2.05, 4.69) is 43.2 Å². The number of aryl methyl sites for hydroxylation is 1. The summed E-state index contributed by atoms with van der Waals surface area (Å²) in [5.74, 6) is 0.888. The van der Waals surface area contributed by atoms with Crippen LogP contribution < -0.4 is 10.1 Å². The van der Waals surface area contributed by atoms with Gasteiger partial charge in [-0.2, -0.15) is 0 Å². The van der Waals surface area contributed by atoms with Gasteiger partial charge in [0.1, 0.15) is 5.75 Å². The molecular formula is C21H24N2O2S. The van der Waals surface area contributed by atoms with Crippen LogP contribution in [0.5, 0.6) is 5.75 Å². The van der Waals surface area contributed by atoms with Crippen molar-refractivity contribution in [2.45, 2.75) is 46.1 Å². The zero-order valence-electron chi connectivity index (χ0n) is 15.6. The van der Waals surface area contributed by atoms with Crippen molar-refractivity contribution in [3.8, 4) is 5.75 Å². The largest absolute Gasteiger partial charge is 0.481 e. The number of anilines is 1. The molecule has 4 nitrogen and oxygen atoms in total. The lowest BCUT2D eigenvalue weighted by Gasteiger charge is -2.18. The van der Waals surface area contributed by atoms with E-state index in [9.17, 15) is 4.79 Å². The van der Waals surface area contributed by atoms with Crippen molar-refractivity contribution in [1.29, 1.82) is 0 Å². The molecule has 136 valence electrons. The highest BCUT2D eigenvalue weighted by Gasteiger charge is 2.18. The minimum atomic E-state index is -0.604. The van der Waals surface area contributed by atoms with Gasteiger partial charge in [0.05, 0.1) is 10.2 Å². The Balaban J connectivity index is 1.71. The molecule has 1 aromatic heterocycles. The van der Waals surface area contributed by atoms with E-state index >= 15 is 0 Å². The Hall–Kier alpha value is -2.40. The van der Waals surface area contributed by atoms with Gasteiger partial charge in [0, 0.05) is 0 Å². The van der Waals surface area contributed by atoms with Crippen LogP contribution in [0.2, 0.25) is 0 Å². The summed E-state index contributed by atoms with van der Waals surface area (Å²) in [6, 6.07) is 14.0. The predicted octanol–water partition coefficient (Wildman–Crippen LogP) is 5.39. The molecule has 0 aliphatic rings. The lowest BCUT2D eigenvalue weighted by atomic mass is 10.0. The van der Waals surface area contributed by atoms with Crippen LogP contribution in [0.3, 0.4) is 0 Å². The quantitative estimate of drug-likeness (QED) is 0.635. The Morgan fingerprint density at radius 3 is 2.69 bits per heavy atom. The predicted molar refractivity (Wildman–Crippen MR) is 108 cm³/mol. The van der Waals surface area contributed by atoms with E-state index in [-0.39, 0.29) is 5.91 Å². The fourth-order valence-corrected chi connectivity index (χ4v) is 3.69. The fraction of sp³-hybridized carbons (Fsp3) is 0.333. The molecule has 0 spiro atoms. The molecule has 26 heavy (non-hydrogen) atoms. The first kappa shape index (κ1) is 18.4. The molecule has 3 rings (SSSR count). The smallest absolute Gasteiger partial charge is 0.266 e. The van der Waals surface area contributed by atoms with Crippen LogP contribution in [-0.4, -0.2) is 17.0 Å². The van der Waals surface area contributed by atoms with E-state index in [1.807, 2.05) is 30.3 Å². The number of aromatic nitrogens is 1. The average Bonchev–Trinajstić information content (AvgIpc) is 3.03. The summed E-state index contributed by atoms with van der Waals surface area (Å²) in [5, 5.41) is 3.48. The number of carbonyl (C=O) groups is 1. The van der Waals surface area contributed by atoms with Crippen LogP contribution in [0, 0.1) is 0 Å². The van der Waals surface area contributed by atoms with E-state index in [0.29, 0.717) is 11.0 Å². The number of amides is 1. The van der Waals surface area contributed by atoms with Gasteiger partial charge in [-0.25, -0.2) is 4.98 Å². The highest BCUT2D eigenvalue weighted by Crippen LogP contribution is 2.29. The molecule has 0 aliphatic carbocycles. The standard InChI is InChI=1S/C21H24N2O2S/c1-5-15-10-11-17-19(12-15)26-21(22-17)23-20(24)14(4)25-18-9-7-6-8-16(18)13(2)3/h6-14H,5H2,1-4H3,(H,22,23,24). The Kier molecular flexibility index (Phi) is 5.57. The number of thiazole rings is 1. The van der Waals surface area contributed by atoms with Crippen molar-refractivity contribution in [2.24, 2.45) is 0 Å². The van der Waals surface area contributed by atoms with E-state index in [1.54, 1.807) is 6.92 Å². The molecule has 3 aromatic rings. The first-order valence-electron chi connectivity index (χ1n) is 8.93. The van der Waals surface area contributed by atoms with E-state index in [1.165, 1.54) is 16.9 Å². The topological polar surface area (TPSA) is 51.2 Å². The number of ether oxygens (including phenoxy) is 1. The third kappa shape index (κ3) is 4.05. The van der Waals surface area contributed by atoms with Gasteiger partial charge in [0.15, 0.2) is 11.2 Å². The number of hydrogen-bond donors (Lipinski definition) is 1. The average molecular weight is 369 g/mol. The molecule has 0 bridgehead atoms. The molecule has 0 saturated carbocycles. The van der Waals surface area contributed by atoms with Crippen molar-refractivity contribution in [3.63, 3.8) is 0 Å². The normalized spacial score (nSPS) is 12.3. The highest BCUT2D eigenvalue weighted by molar-refractivity contribution is 7.22. The Morgan fingerprint density at radius 2 is 1.96 bits per heavy atom. The maximum atomic E-state index is 12.5. The fourth-order valence-electron chi connectivity index (χ4n) is 2.76. The molecular weight excluding hydrogens is 344 g/mol. The molecule has 0 fully saturated rings. The summed E-state index contributed by atoms with van der Waals surface area (Å²) in [4.78, 5) is 17.0. The van der Waals surface area contributed by atoms with Crippen LogP contribution >= 0.6 is 11.3 Å². The number of benzene rings is 2. The number of nitrogens with zero attached hydrogens (tertiary/aromatic N) is 1. The third-order valence-corrected chi connectivity index (χ3v) is 5.24.